The zero-order valence-electron chi connectivity index (χ0n) is 17.8. The molecule has 0 aliphatic carbocycles. The van der Waals surface area contributed by atoms with Crippen molar-refractivity contribution in [2.45, 2.75) is 32.2 Å². The van der Waals surface area contributed by atoms with E-state index in [4.69, 9.17) is 14.2 Å². The topological polar surface area (TPSA) is 131 Å². The van der Waals surface area contributed by atoms with Gasteiger partial charge in [0.05, 0.1) is 19.3 Å². The molecule has 1 aliphatic heterocycles. The molecule has 0 aromatic carbocycles. The van der Waals surface area contributed by atoms with Crippen LogP contribution in [0.5, 0.6) is 5.88 Å². The molecule has 32 heavy (non-hydrogen) atoms. The third-order valence-electron chi connectivity index (χ3n) is 5.36. The molecule has 2 N–H and O–H groups in total. The van der Waals surface area contributed by atoms with Crippen LogP contribution in [0.2, 0.25) is 0 Å². The van der Waals surface area contributed by atoms with Gasteiger partial charge >= 0.3 is 0 Å². The van der Waals surface area contributed by atoms with E-state index in [1.165, 1.54) is 0 Å². The van der Waals surface area contributed by atoms with Crippen molar-refractivity contribution in [2.75, 3.05) is 23.9 Å². The number of anilines is 3. The zero-order chi connectivity index (χ0) is 21.9. The van der Waals surface area contributed by atoms with Gasteiger partial charge in [-0.25, -0.2) is 0 Å². The second-order valence-corrected chi connectivity index (χ2v) is 7.41. The SMILES string of the molecule is CCc1cc(Nc2cc(OC)nc(N3CCCC3c3cc(-c4cnccn4)no3)n2)n[nH]1. The Kier molecular flexibility index (Phi) is 5.36. The molecule has 1 fully saturated rings. The summed E-state index contributed by atoms with van der Waals surface area (Å²) in [5.41, 5.74) is 2.36. The van der Waals surface area contributed by atoms with Crippen LogP contribution < -0.4 is 15.0 Å². The fourth-order valence-electron chi connectivity index (χ4n) is 3.75. The van der Waals surface area contributed by atoms with E-state index in [-0.39, 0.29) is 6.04 Å². The second kappa shape index (κ2) is 8.61. The van der Waals surface area contributed by atoms with Gasteiger partial charge in [0.25, 0.3) is 0 Å². The Morgan fingerprint density at radius 1 is 1.19 bits per heavy atom. The number of nitrogens with zero attached hydrogens (tertiary/aromatic N) is 7. The number of aryl methyl sites for hydroxylation is 1. The average molecular weight is 433 g/mol. The Hall–Kier alpha value is -4.02. The molecule has 0 spiro atoms. The second-order valence-electron chi connectivity index (χ2n) is 7.41. The Morgan fingerprint density at radius 3 is 2.91 bits per heavy atom. The molecule has 164 valence electrons. The number of ether oxygens (including phenoxy) is 1. The monoisotopic (exact) mass is 433 g/mol. The highest BCUT2D eigenvalue weighted by atomic mass is 16.5. The quantitative estimate of drug-likeness (QED) is 0.447. The van der Waals surface area contributed by atoms with Crippen LogP contribution in [-0.2, 0) is 6.42 Å². The first-order chi connectivity index (χ1) is 15.7. The van der Waals surface area contributed by atoms with Gasteiger partial charge in [-0.2, -0.15) is 15.1 Å². The third kappa shape index (κ3) is 3.96. The molecule has 1 unspecified atom stereocenters. The lowest BCUT2D eigenvalue weighted by atomic mass is 10.1. The molecule has 0 amide bonds. The number of hydrogen-bond donors (Lipinski definition) is 2. The van der Waals surface area contributed by atoms with E-state index in [0.29, 0.717) is 34.9 Å². The fourth-order valence-corrected chi connectivity index (χ4v) is 3.75. The summed E-state index contributed by atoms with van der Waals surface area (Å²) >= 11 is 0. The predicted molar refractivity (Wildman–Crippen MR) is 117 cm³/mol. The van der Waals surface area contributed by atoms with Crippen molar-refractivity contribution in [1.82, 2.24) is 35.3 Å². The summed E-state index contributed by atoms with van der Waals surface area (Å²) in [5, 5.41) is 14.7. The maximum absolute atomic E-state index is 5.68. The smallest absolute Gasteiger partial charge is 0.231 e. The summed E-state index contributed by atoms with van der Waals surface area (Å²) in [5.74, 6) is 3.05. The first-order valence-electron chi connectivity index (χ1n) is 10.5. The van der Waals surface area contributed by atoms with Crippen molar-refractivity contribution in [3.8, 4) is 17.3 Å². The minimum Gasteiger partial charge on any atom is -0.481 e. The molecule has 5 heterocycles. The number of H-pyrrole nitrogens is 1. The number of nitrogens with one attached hydrogen (secondary N) is 2. The van der Waals surface area contributed by atoms with Crippen molar-refractivity contribution >= 4 is 17.6 Å². The highest BCUT2D eigenvalue weighted by Gasteiger charge is 2.32. The highest BCUT2D eigenvalue weighted by molar-refractivity contribution is 5.57. The van der Waals surface area contributed by atoms with Crippen molar-refractivity contribution in [3.63, 3.8) is 0 Å². The number of aromatic amines is 1. The normalized spacial score (nSPS) is 15.8. The molecule has 0 saturated carbocycles. The summed E-state index contributed by atoms with van der Waals surface area (Å²) in [4.78, 5) is 19.8. The molecule has 1 atom stereocenters. The molecule has 5 rings (SSSR count). The lowest BCUT2D eigenvalue weighted by molar-refractivity contribution is 0.361. The van der Waals surface area contributed by atoms with Crippen LogP contribution in [-0.4, -0.2) is 48.9 Å². The molecule has 0 radical (unpaired) electrons. The van der Waals surface area contributed by atoms with Crippen LogP contribution in [0.15, 0.2) is 41.3 Å². The molecule has 0 bridgehead atoms. The van der Waals surface area contributed by atoms with Gasteiger partial charge in [-0.15, -0.1) is 0 Å². The van der Waals surface area contributed by atoms with E-state index in [2.05, 4.69) is 47.4 Å². The molecule has 1 aliphatic rings. The van der Waals surface area contributed by atoms with Crippen molar-refractivity contribution < 1.29 is 9.26 Å². The Morgan fingerprint density at radius 2 is 2.12 bits per heavy atom. The Balaban J connectivity index is 1.42. The van der Waals surface area contributed by atoms with Gasteiger partial charge in [0.1, 0.15) is 17.2 Å². The summed E-state index contributed by atoms with van der Waals surface area (Å²) in [6.45, 7) is 2.86. The van der Waals surface area contributed by atoms with Crippen molar-refractivity contribution in [2.24, 2.45) is 0 Å². The third-order valence-corrected chi connectivity index (χ3v) is 5.36. The fraction of sp³-hybridized carbons (Fsp3) is 0.333. The Bertz CT molecular complexity index is 1190. The van der Waals surface area contributed by atoms with E-state index in [1.54, 1.807) is 31.8 Å². The van der Waals surface area contributed by atoms with Crippen LogP contribution in [0.4, 0.5) is 17.6 Å². The molecule has 4 aromatic rings. The van der Waals surface area contributed by atoms with Crippen molar-refractivity contribution in [1.29, 1.82) is 0 Å². The van der Waals surface area contributed by atoms with Gasteiger partial charge in [-0.3, -0.25) is 15.1 Å². The highest BCUT2D eigenvalue weighted by Crippen LogP contribution is 2.37. The van der Waals surface area contributed by atoms with E-state index in [1.807, 2.05) is 12.1 Å². The molecule has 4 aromatic heterocycles. The number of aromatic nitrogens is 7. The zero-order valence-corrected chi connectivity index (χ0v) is 17.8. The first kappa shape index (κ1) is 19.9. The van der Waals surface area contributed by atoms with E-state index in [9.17, 15) is 0 Å². The van der Waals surface area contributed by atoms with Crippen LogP contribution in [0.25, 0.3) is 11.4 Å². The van der Waals surface area contributed by atoms with Gasteiger partial charge in [-0.1, -0.05) is 12.1 Å². The first-order valence-corrected chi connectivity index (χ1v) is 10.5. The maximum atomic E-state index is 5.68. The van der Waals surface area contributed by atoms with Gasteiger partial charge < -0.3 is 19.5 Å². The lowest BCUT2D eigenvalue weighted by Gasteiger charge is -2.23. The average Bonchev–Trinajstić information content (AvgIpc) is 3.59. The van der Waals surface area contributed by atoms with E-state index >= 15 is 0 Å². The number of rotatable bonds is 7. The summed E-state index contributed by atoms with van der Waals surface area (Å²) < 4.78 is 11.1. The maximum Gasteiger partial charge on any atom is 0.231 e. The van der Waals surface area contributed by atoms with Crippen LogP contribution in [0.3, 0.4) is 0 Å². The molecular formula is C21H23N9O2. The number of hydrogen-bond acceptors (Lipinski definition) is 10. The predicted octanol–water partition coefficient (Wildman–Crippen LogP) is 3.30. The molecular weight excluding hydrogens is 410 g/mol. The standard InChI is InChI=1S/C21H23N9O2/c1-3-13-9-19(28-27-13)24-18-11-20(31-2)26-21(25-18)30-8-4-5-16(30)17-10-14(29-32-17)15-12-22-6-7-23-15/h6-7,9-12,16H,3-5,8H2,1-2H3,(H2,24,25,26,27,28). The molecule has 1 saturated heterocycles. The minimum absolute atomic E-state index is 0.0371. The van der Waals surface area contributed by atoms with Gasteiger partial charge in [0.15, 0.2) is 11.6 Å². The molecule has 11 nitrogen and oxygen atoms in total. The lowest BCUT2D eigenvalue weighted by Crippen LogP contribution is -2.24. The van der Waals surface area contributed by atoms with Crippen LogP contribution in [0, 0.1) is 0 Å². The van der Waals surface area contributed by atoms with Gasteiger partial charge in [0, 0.05) is 42.8 Å². The minimum atomic E-state index is -0.0371. The van der Waals surface area contributed by atoms with Crippen LogP contribution >= 0.6 is 0 Å². The van der Waals surface area contributed by atoms with E-state index < -0.39 is 0 Å². The van der Waals surface area contributed by atoms with Gasteiger partial charge in [0.2, 0.25) is 11.8 Å². The Labute approximate surface area is 184 Å². The largest absolute Gasteiger partial charge is 0.481 e. The van der Waals surface area contributed by atoms with E-state index in [0.717, 1.165) is 37.3 Å². The summed E-state index contributed by atoms with van der Waals surface area (Å²) in [7, 11) is 1.59. The summed E-state index contributed by atoms with van der Waals surface area (Å²) in [6.07, 6.45) is 7.67. The number of methoxy groups -OCH3 is 1. The van der Waals surface area contributed by atoms with Gasteiger partial charge in [-0.05, 0) is 19.3 Å². The molecule has 11 heteroatoms. The summed E-state index contributed by atoms with van der Waals surface area (Å²) in [6, 6.07) is 5.57. The van der Waals surface area contributed by atoms with Crippen molar-refractivity contribution in [3.05, 3.63) is 48.2 Å². The van der Waals surface area contributed by atoms with Crippen LogP contribution in [0.1, 0.15) is 37.3 Å².